The molecule has 0 spiro atoms. The van der Waals surface area contributed by atoms with E-state index in [-0.39, 0.29) is 0 Å². The van der Waals surface area contributed by atoms with Crippen molar-refractivity contribution in [3.8, 4) is 0 Å². The Morgan fingerprint density at radius 2 is 2.17 bits per heavy atom. The highest BCUT2D eigenvalue weighted by Crippen LogP contribution is 2.25. The molecule has 1 atom stereocenters. The van der Waals surface area contributed by atoms with Crippen molar-refractivity contribution >= 4 is 29.1 Å². The number of rotatable bonds is 7. The normalized spacial score (nSPS) is 12.5. The number of benzene rings is 1. The van der Waals surface area contributed by atoms with Crippen LogP contribution >= 0.6 is 23.4 Å². The van der Waals surface area contributed by atoms with Crippen molar-refractivity contribution in [1.29, 1.82) is 0 Å². The number of halogens is 1. The van der Waals surface area contributed by atoms with E-state index < -0.39 is 0 Å². The Labute approximate surface area is 120 Å². The van der Waals surface area contributed by atoms with Crippen LogP contribution in [0.5, 0.6) is 0 Å². The predicted molar refractivity (Wildman–Crippen MR) is 85.1 cm³/mol. The summed E-state index contributed by atoms with van der Waals surface area (Å²) in [5, 5.41) is 3.97. The Balaban J connectivity index is 2.85. The molecule has 0 fully saturated rings. The van der Waals surface area contributed by atoms with E-state index in [9.17, 15) is 0 Å². The molecular formula is C14H23ClN2S. The van der Waals surface area contributed by atoms with E-state index in [0.29, 0.717) is 6.04 Å². The number of anilines is 1. The van der Waals surface area contributed by atoms with Crippen LogP contribution in [0.3, 0.4) is 0 Å². The monoisotopic (exact) mass is 286 g/mol. The molecule has 0 saturated heterocycles. The second-order valence-corrected chi connectivity index (χ2v) is 5.75. The van der Waals surface area contributed by atoms with E-state index in [1.807, 2.05) is 18.8 Å². The molecule has 0 aliphatic rings. The van der Waals surface area contributed by atoms with E-state index in [1.54, 1.807) is 0 Å². The van der Waals surface area contributed by atoms with Crippen LogP contribution in [0.1, 0.15) is 18.9 Å². The van der Waals surface area contributed by atoms with Gasteiger partial charge in [0.25, 0.3) is 0 Å². The Bertz CT molecular complexity index is 371. The van der Waals surface area contributed by atoms with E-state index in [2.05, 4.69) is 48.6 Å². The predicted octanol–water partition coefficient (Wildman–Crippen LogP) is 3.64. The lowest BCUT2D eigenvalue weighted by molar-refractivity contribution is 0.673. The minimum atomic E-state index is 0.561. The van der Waals surface area contributed by atoms with Gasteiger partial charge < -0.3 is 10.2 Å². The molecule has 0 heterocycles. The third kappa shape index (κ3) is 4.08. The summed E-state index contributed by atoms with van der Waals surface area (Å²) in [5.74, 6) is 1.14. The number of hydrogen-bond acceptors (Lipinski definition) is 3. The van der Waals surface area contributed by atoms with Gasteiger partial charge in [-0.05, 0) is 37.4 Å². The average molecular weight is 287 g/mol. The van der Waals surface area contributed by atoms with Gasteiger partial charge in [0, 0.05) is 36.1 Å². The van der Waals surface area contributed by atoms with E-state index in [4.69, 9.17) is 11.6 Å². The fourth-order valence-electron chi connectivity index (χ4n) is 2.00. The van der Waals surface area contributed by atoms with Crippen molar-refractivity contribution in [2.75, 3.05) is 31.0 Å². The number of nitrogens with one attached hydrogen (secondary N) is 1. The SMILES string of the molecule is CCC(CSC)N(C)c1ccc(CNC)c(Cl)c1. The molecule has 102 valence electrons. The van der Waals surface area contributed by atoms with Gasteiger partial charge in [-0.3, -0.25) is 0 Å². The number of nitrogens with zero attached hydrogens (tertiary/aromatic N) is 1. The highest BCUT2D eigenvalue weighted by molar-refractivity contribution is 7.98. The van der Waals surface area contributed by atoms with Crippen molar-refractivity contribution < 1.29 is 0 Å². The summed E-state index contributed by atoms with van der Waals surface area (Å²) in [6, 6.07) is 6.89. The zero-order valence-electron chi connectivity index (χ0n) is 11.7. The number of hydrogen-bond donors (Lipinski definition) is 1. The maximum absolute atomic E-state index is 6.31. The van der Waals surface area contributed by atoms with Gasteiger partial charge in [-0.2, -0.15) is 11.8 Å². The topological polar surface area (TPSA) is 15.3 Å². The van der Waals surface area contributed by atoms with Crippen LogP contribution in [0.25, 0.3) is 0 Å². The lowest BCUT2D eigenvalue weighted by atomic mass is 10.1. The molecule has 1 rings (SSSR count). The molecule has 1 aromatic carbocycles. The van der Waals surface area contributed by atoms with Crippen molar-refractivity contribution in [3.05, 3.63) is 28.8 Å². The Morgan fingerprint density at radius 1 is 1.44 bits per heavy atom. The maximum Gasteiger partial charge on any atom is 0.0471 e. The first-order valence-corrected chi connectivity index (χ1v) is 8.06. The minimum absolute atomic E-state index is 0.561. The highest BCUT2D eigenvalue weighted by Gasteiger charge is 2.13. The van der Waals surface area contributed by atoms with Gasteiger partial charge in [0.2, 0.25) is 0 Å². The zero-order valence-corrected chi connectivity index (χ0v) is 13.2. The van der Waals surface area contributed by atoms with Gasteiger partial charge in [0.05, 0.1) is 0 Å². The Kier molecular flexibility index (Phi) is 6.90. The van der Waals surface area contributed by atoms with Crippen LogP contribution in [-0.4, -0.2) is 32.1 Å². The molecule has 0 aliphatic carbocycles. The van der Waals surface area contributed by atoms with Crippen LogP contribution in [0, 0.1) is 0 Å². The molecule has 0 amide bonds. The van der Waals surface area contributed by atoms with E-state index in [0.717, 1.165) is 29.3 Å². The minimum Gasteiger partial charge on any atom is -0.371 e. The highest BCUT2D eigenvalue weighted by atomic mass is 35.5. The van der Waals surface area contributed by atoms with Crippen molar-refractivity contribution in [2.45, 2.75) is 25.9 Å². The molecule has 1 aromatic rings. The van der Waals surface area contributed by atoms with Crippen LogP contribution in [0.15, 0.2) is 18.2 Å². The molecule has 0 radical (unpaired) electrons. The maximum atomic E-state index is 6.31. The summed E-state index contributed by atoms with van der Waals surface area (Å²) in [6.45, 7) is 3.04. The summed E-state index contributed by atoms with van der Waals surface area (Å²) in [7, 11) is 4.08. The first-order valence-electron chi connectivity index (χ1n) is 6.28. The van der Waals surface area contributed by atoms with Gasteiger partial charge in [-0.1, -0.05) is 24.6 Å². The molecule has 0 bridgehead atoms. The number of thioether (sulfide) groups is 1. The molecule has 0 aromatic heterocycles. The summed E-state index contributed by atoms with van der Waals surface area (Å²) < 4.78 is 0. The molecule has 1 unspecified atom stereocenters. The quantitative estimate of drug-likeness (QED) is 0.824. The summed E-state index contributed by atoms with van der Waals surface area (Å²) in [6.07, 6.45) is 3.30. The molecule has 2 nitrogen and oxygen atoms in total. The first-order chi connectivity index (χ1) is 8.63. The summed E-state index contributed by atoms with van der Waals surface area (Å²) in [4.78, 5) is 2.32. The second-order valence-electron chi connectivity index (χ2n) is 4.43. The van der Waals surface area contributed by atoms with Crippen LogP contribution < -0.4 is 10.2 Å². The Morgan fingerprint density at radius 3 is 2.67 bits per heavy atom. The first kappa shape index (κ1) is 15.7. The molecule has 0 aliphatic heterocycles. The second kappa shape index (κ2) is 7.93. The van der Waals surface area contributed by atoms with Crippen molar-refractivity contribution in [2.24, 2.45) is 0 Å². The third-order valence-electron chi connectivity index (χ3n) is 3.19. The average Bonchev–Trinajstić information content (AvgIpc) is 2.37. The van der Waals surface area contributed by atoms with Crippen LogP contribution in [-0.2, 0) is 6.54 Å². The van der Waals surface area contributed by atoms with Crippen molar-refractivity contribution in [1.82, 2.24) is 5.32 Å². The molecule has 18 heavy (non-hydrogen) atoms. The van der Waals surface area contributed by atoms with Gasteiger partial charge in [-0.15, -0.1) is 0 Å². The Hall–Kier alpha value is -0.380. The van der Waals surface area contributed by atoms with Gasteiger partial charge in [0.1, 0.15) is 0 Å². The fraction of sp³-hybridized carbons (Fsp3) is 0.571. The lowest BCUT2D eigenvalue weighted by Gasteiger charge is -2.29. The van der Waals surface area contributed by atoms with Crippen LogP contribution in [0.2, 0.25) is 5.02 Å². The van der Waals surface area contributed by atoms with Gasteiger partial charge in [-0.25, -0.2) is 0 Å². The summed E-state index contributed by atoms with van der Waals surface area (Å²) in [5.41, 5.74) is 2.34. The van der Waals surface area contributed by atoms with Gasteiger partial charge in [0.15, 0.2) is 0 Å². The molecule has 1 N–H and O–H groups in total. The van der Waals surface area contributed by atoms with Crippen molar-refractivity contribution in [3.63, 3.8) is 0 Å². The standard InChI is InChI=1S/C14H23ClN2S/c1-5-12(10-18-4)17(3)13-7-6-11(9-16-2)14(15)8-13/h6-8,12,16H,5,9-10H2,1-4H3. The summed E-state index contributed by atoms with van der Waals surface area (Å²) >= 11 is 8.19. The largest absolute Gasteiger partial charge is 0.371 e. The van der Waals surface area contributed by atoms with Crippen LogP contribution in [0.4, 0.5) is 5.69 Å². The van der Waals surface area contributed by atoms with E-state index in [1.165, 1.54) is 5.69 Å². The molecule has 4 heteroatoms. The zero-order chi connectivity index (χ0) is 13.5. The fourth-order valence-corrected chi connectivity index (χ4v) is 3.08. The van der Waals surface area contributed by atoms with Gasteiger partial charge >= 0.3 is 0 Å². The molecule has 0 saturated carbocycles. The lowest BCUT2D eigenvalue weighted by Crippen LogP contribution is -2.33. The molecular weight excluding hydrogens is 264 g/mol. The third-order valence-corrected chi connectivity index (χ3v) is 4.26. The smallest absolute Gasteiger partial charge is 0.0471 e. The van der Waals surface area contributed by atoms with E-state index >= 15 is 0 Å².